The quantitative estimate of drug-likeness (QED) is 0.922. The summed E-state index contributed by atoms with van der Waals surface area (Å²) < 4.78 is 1.88. The van der Waals surface area contributed by atoms with E-state index < -0.39 is 0 Å². The highest BCUT2D eigenvalue weighted by Crippen LogP contribution is 2.37. The van der Waals surface area contributed by atoms with E-state index in [2.05, 4.69) is 46.8 Å². The third-order valence-corrected chi connectivity index (χ3v) is 5.56. The average molecular weight is 345 g/mol. The highest BCUT2D eigenvalue weighted by atomic mass is 32.2. The fourth-order valence-corrected chi connectivity index (χ4v) is 4.10. The Morgan fingerprint density at radius 3 is 2.50 bits per heavy atom. The molecular weight excluding hydrogens is 322 g/mol. The number of benzene rings is 1. The van der Waals surface area contributed by atoms with Crippen LogP contribution in [0.25, 0.3) is 0 Å². The highest BCUT2D eigenvalue weighted by Gasteiger charge is 2.38. The number of nitrogens with zero attached hydrogens (tertiary/aromatic N) is 4. The van der Waals surface area contributed by atoms with Crippen molar-refractivity contribution in [1.29, 1.82) is 0 Å². The Bertz CT molecular complexity index is 723. The topological polar surface area (TPSA) is 63.1 Å². The van der Waals surface area contributed by atoms with Crippen LogP contribution in [0.1, 0.15) is 36.8 Å². The van der Waals surface area contributed by atoms with Crippen molar-refractivity contribution in [2.45, 2.75) is 44.1 Å². The molecule has 7 heteroatoms. The molecule has 3 rings (SSSR count). The number of amides is 1. The maximum Gasteiger partial charge on any atom is 0.238 e. The molecule has 2 heterocycles. The van der Waals surface area contributed by atoms with Gasteiger partial charge in [-0.3, -0.25) is 4.79 Å². The normalized spacial score (nSPS) is 19.5. The molecule has 1 amide bonds. The number of hydrogen-bond donors (Lipinski definition) is 1. The molecule has 1 aliphatic rings. The number of carbonyl (C=O) groups excluding carboxylic acids is 1. The predicted molar refractivity (Wildman–Crippen MR) is 95.6 cm³/mol. The van der Waals surface area contributed by atoms with Gasteiger partial charge in [-0.15, -0.1) is 10.2 Å². The van der Waals surface area contributed by atoms with E-state index in [9.17, 15) is 4.79 Å². The van der Waals surface area contributed by atoms with Crippen molar-refractivity contribution >= 4 is 17.7 Å². The minimum Gasteiger partial charge on any atom is -0.342 e. The molecule has 0 aliphatic carbocycles. The van der Waals surface area contributed by atoms with E-state index in [1.54, 1.807) is 0 Å². The molecule has 2 atom stereocenters. The fraction of sp³-hybridized carbons (Fsp3) is 0.471. The molecule has 0 bridgehead atoms. The SMILES string of the molecule is CCN(CC)C(=O)[C@@H]1Sc2nnc(C)n2N[C@@H]1c1ccc(C)cc1. The summed E-state index contributed by atoms with van der Waals surface area (Å²) >= 11 is 1.49. The van der Waals surface area contributed by atoms with Crippen LogP contribution in [0.4, 0.5) is 0 Å². The Morgan fingerprint density at radius 2 is 1.88 bits per heavy atom. The second kappa shape index (κ2) is 6.84. The van der Waals surface area contributed by atoms with E-state index in [1.807, 2.05) is 30.3 Å². The third kappa shape index (κ3) is 3.00. The molecule has 1 aromatic carbocycles. The number of fused-ring (bicyclic) bond motifs is 1. The molecular formula is C17H23N5OS. The van der Waals surface area contributed by atoms with Gasteiger partial charge in [-0.25, -0.2) is 4.68 Å². The zero-order valence-electron chi connectivity index (χ0n) is 14.5. The summed E-state index contributed by atoms with van der Waals surface area (Å²) in [6, 6.07) is 8.21. The first kappa shape index (κ1) is 16.8. The second-order valence-corrected chi connectivity index (χ2v) is 7.04. The molecule has 1 N–H and O–H groups in total. The standard InChI is InChI=1S/C17H23N5OS/c1-5-21(6-2)16(23)15-14(13-9-7-11(3)8-10-13)20-22-12(4)18-19-17(22)24-15/h7-10,14-15,20H,5-6H2,1-4H3/t14-,15-/m1/s1. The minimum atomic E-state index is -0.260. The number of carbonyl (C=O) groups is 1. The molecule has 0 fully saturated rings. The van der Waals surface area contributed by atoms with Crippen LogP contribution >= 0.6 is 11.8 Å². The largest absolute Gasteiger partial charge is 0.342 e. The third-order valence-electron chi connectivity index (χ3n) is 4.35. The smallest absolute Gasteiger partial charge is 0.238 e. The van der Waals surface area contributed by atoms with Gasteiger partial charge in [0.1, 0.15) is 11.1 Å². The van der Waals surface area contributed by atoms with Gasteiger partial charge in [-0.05, 0) is 33.3 Å². The van der Waals surface area contributed by atoms with E-state index in [4.69, 9.17) is 0 Å². The summed E-state index contributed by atoms with van der Waals surface area (Å²) in [5, 5.41) is 8.79. The summed E-state index contributed by atoms with van der Waals surface area (Å²) in [6.45, 7) is 9.40. The Labute approximate surface area is 146 Å². The van der Waals surface area contributed by atoms with E-state index >= 15 is 0 Å². The Balaban J connectivity index is 1.99. The van der Waals surface area contributed by atoms with E-state index in [0.717, 1.165) is 16.5 Å². The zero-order chi connectivity index (χ0) is 17.3. The molecule has 0 saturated heterocycles. The van der Waals surface area contributed by atoms with Gasteiger partial charge >= 0.3 is 0 Å². The van der Waals surface area contributed by atoms with Gasteiger partial charge in [-0.2, -0.15) is 0 Å². The summed E-state index contributed by atoms with van der Waals surface area (Å²) in [5.74, 6) is 0.929. The van der Waals surface area contributed by atoms with Crippen molar-refractivity contribution < 1.29 is 4.79 Å². The molecule has 128 valence electrons. The molecule has 1 aromatic heterocycles. The minimum absolute atomic E-state index is 0.120. The van der Waals surface area contributed by atoms with Crippen LogP contribution in [0.3, 0.4) is 0 Å². The Hall–Kier alpha value is -2.02. The Morgan fingerprint density at radius 1 is 1.21 bits per heavy atom. The molecule has 0 radical (unpaired) electrons. The van der Waals surface area contributed by atoms with Crippen molar-refractivity contribution in [3.05, 3.63) is 41.2 Å². The molecule has 0 saturated carbocycles. The van der Waals surface area contributed by atoms with Crippen molar-refractivity contribution in [2.24, 2.45) is 0 Å². The molecule has 0 unspecified atom stereocenters. The van der Waals surface area contributed by atoms with Gasteiger partial charge in [0.15, 0.2) is 0 Å². The van der Waals surface area contributed by atoms with Crippen molar-refractivity contribution in [3.8, 4) is 0 Å². The van der Waals surface area contributed by atoms with Gasteiger partial charge in [-0.1, -0.05) is 41.6 Å². The molecule has 0 spiro atoms. The van der Waals surface area contributed by atoms with E-state index in [-0.39, 0.29) is 17.2 Å². The van der Waals surface area contributed by atoms with E-state index in [1.165, 1.54) is 17.3 Å². The molecule has 1 aliphatic heterocycles. The molecule has 2 aromatic rings. The number of thioether (sulfide) groups is 1. The van der Waals surface area contributed by atoms with Gasteiger partial charge in [0.05, 0.1) is 6.04 Å². The van der Waals surface area contributed by atoms with Gasteiger partial charge in [0.2, 0.25) is 11.1 Å². The maximum absolute atomic E-state index is 13.0. The summed E-state index contributed by atoms with van der Waals surface area (Å²) in [7, 11) is 0. The van der Waals surface area contributed by atoms with Crippen LogP contribution in [0.5, 0.6) is 0 Å². The summed E-state index contributed by atoms with van der Waals surface area (Å²) in [6.07, 6.45) is 0. The van der Waals surface area contributed by atoms with Crippen LogP contribution in [0.15, 0.2) is 29.4 Å². The summed E-state index contributed by atoms with van der Waals surface area (Å²) in [5.41, 5.74) is 5.74. The lowest BCUT2D eigenvalue weighted by atomic mass is 10.0. The van der Waals surface area contributed by atoms with Crippen molar-refractivity contribution in [3.63, 3.8) is 0 Å². The van der Waals surface area contributed by atoms with E-state index in [0.29, 0.717) is 13.1 Å². The van der Waals surface area contributed by atoms with Crippen LogP contribution < -0.4 is 5.43 Å². The number of aromatic nitrogens is 3. The fourth-order valence-electron chi connectivity index (χ4n) is 2.89. The molecule has 24 heavy (non-hydrogen) atoms. The monoisotopic (exact) mass is 345 g/mol. The highest BCUT2D eigenvalue weighted by molar-refractivity contribution is 8.00. The van der Waals surface area contributed by atoms with Crippen LogP contribution in [-0.4, -0.2) is 44.0 Å². The van der Waals surface area contributed by atoms with Gasteiger partial charge < -0.3 is 10.3 Å². The lowest BCUT2D eigenvalue weighted by Crippen LogP contribution is -2.46. The van der Waals surface area contributed by atoms with Crippen LogP contribution in [0, 0.1) is 13.8 Å². The number of hydrogen-bond acceptors (Lipinski definition) is 5. The van der Waals surface area contributed by atoms with Gasteiger partial charge in [0.25, 0.3) is 0 Å². The maximum atomic E-state index is 13.0. The lowest BCUT2D eigenvalue weighted by molar-refractivity contribution is -0.130. The number of aryl methyl sites for hydroxylation is 2. The van der Waals surface area contributed by atoms with Crippen molar-refractivity contribution in [1.82, 2.24) is 19.8 Å². The lowest BCUT2D eigenvalue weighted by Gasteiger charge is -2.35. The summed E-state index contributed by atoms with van der Waals surface area (Å²) in [4.78, 5) is 14.9. The Kier molecular flexibility index (Phi) is 4.80. The van der Waals surface area contributed by atoms with Crippen LogP contribution in [-0.2, 0) is 4.79 Å². The number of nitrogens with one attached hydrogen (secondary N) is 1. The second-order valence-electron chi connectivity index (χ2n) is 5.93. The first-order chi connectivity index (χ1) is 11.5. The average Bonchev–Trinajstić information content (AvgIpc) is 2.96. The zero-order valence-corrected chi connectivity index (χ0v) is 15.3. The predicted octanol–water partition coefficient (Wildman–Crippen LogP) is 2.52. The van der Waals surface area contributed by atoms with Gasteiger partial charge in [0, 0.05) is 13.1 Å². The first-order valence-electron chi connectivity index (χ1n) is 8.25. The van der Waals surface area contributed by atoms with Crippen LogP contribution in [0.2, 0.25) is 0 Å². The number of rotatable bonds is 4. The molecule has 6 nitrogen and oxygen atoms in total. The van der Waals surface area contributed by atoms with Crippen molar-refractivity contribution in [2.75, 3.05) is 18.5 Å². The first-order valence-corrected chi connectivity index (χ1v) is 9.13.